The number of aryl methyl sites for hydroxylation is 1. The van der Waals surface area contributed by atoms with Crippen LogP contribution >= 0.6 is 0 Å². The van der Waals surface area contributed by atoms with Crippen LogP contribution < -0.4 is 5.32 Å². The highest BCUT2D eigenvalue weighted by Crippen LogP contribution is 2.13. The molecule has 0 saturated carbocycles. The lowest BCUT2D eigenvalue weighted by Gasteiger charge is -2.20. The maximum absolute atomic E-state index is 11.7. The van der Waals surface area contributed by atoms with Crippen molar-refractivity contribution >= 4 is 11.9 Å². The maximum Gasteiger partial charge on any atom is 0.255 e. The molecule has 1 N–H and O–H groups in total. The summed E-state index contributed by atoms with van der Waals surface area (Å²) in [5, 5.41) is 13.3. The number of tetrazole rings is 1. The molecule has 1 aromatic rings. The van der Waals surface area contributed by atoms with Crippen molar-refractivity contribution in [3.8, 4) is 0 Å². The van der Waals surface area contributed by atoms with Gasteiger partial charge in [-0.15, -0.1) is 0 Å². The zero-order valence-corrected chi connectivity index (χ0v) is 8.51. The highest BCUT2D eigenvalue weighted by molar-refractivity contribution is 5.92. The Labute approximate surface area is 86.8 Å². The first kappa shape index (κ1) is 10.0. The first-order valence-electron chi connectivity index (χ1n) is 4.92. The van der Waals surface area contributed by atoms with E-state index in [2.05, 4.69) is 20.8 Å². The summed E-state index contributed by atoms with van der Waals surface area (Å²) in [5.41, 5.74) is 0. The molecule has 1 atom stereocenters. The second kappa shape index (κ2) is 4.35. The molecule has 1 amide bonds. The molecule has 1 aliphatic heterocycles. The van der Waals surface area contributed by atoms with Gasteiger partial charge in [-0.05, 0) is 29.7 Å². The topological polar surface area (TPSA) is 81.9 Å². The van der Waals surface area contributed by atoms with E-state index in [-0.39, 0.29) is 12.0 Å². The first-order valence-corrected chi connectivity index (χ1v) is 4.92. The predicted octanol–water partition coefficient (Wildman–Crippen LogP) is -0.282. The van der Waals surface area contributed by atoms with Gasteiger partial charge in [-0.3, -0.25) is 10.1 Å². The van der Waals surface area contributed by atoms with E-state index in [9.17, 15) is 4.79 Å². The first-order chi connectivity index (χ1) is 7.27. The summed E-state index contributed by atoms with van der Waals surface area (Å²) in [6.07, 6.45) is 2.44. The SMILES string of the molecule is Cn1nnnc1NC(=O)C1CCCCO1. The highest BCUT2D eigenvalue weighted by atomic mass is 16.5. The second-order valence-corrected chi connectivity index (χ2v) is 3.47. The van der Waals surface area contributed by atoms with E-state index in [4.69, 9.17) is 4.74 Å². The Hall–Kier alpha value is -1.50. The number of carbonyl (C=O) groups excluding carboxylic acids is 1. The van der Waals surface area contributed by atoms with Crippen LogP contribution in [-0.2, 0) is 16.6 Å². The molecule has 0 bridgehead atoms. The van der Waals surface area contributed by atoms with Crippen LogP contribution in [0.2, 0.25) is 0 Å². The summed E-state index contributed by atoms with van der Waals surface area (Å²) >= 11 is 0. The van der Waals surface area contributed by atoms with Crippen molar-refractivity contribution in [3.05, 3.63) is 0 Å². The van der Waals surface area contributed by atoms with Gasteiger partial charge in [0.25, 0.3) is 5.91 Å². The molecule has 82 valence electrons. The van der Waals surface area contributed by atoms with Crippen LogP contribution in [0.5, 0.6) is 0 Å². The van der Waals surface area contributed by atoms with Crippen LogP contribution in [-0.4, -0.2) is 38.8 Å². The van der Waals surface area contributed by atoms with Crippen molar-refractivity contribution < 1.29 is 9.53 Å². The molecule has 0 aliphatic carbocycles. The molecule has 1 unspecified atom stereocenters. The van der Waals surface area contributed by atoms with Gasteiger partial charge in [0.05, 0.1) is 0 Å². The fourth-order valence-electron chi connectivity index (χ4n) is 1.47. The number of carbonyl (C=O) groups is 1. The van der Waals surface area contributed by atoms with Crippen molar-refractivity contribution in [1.82, 2.24) is 20.2 Å². The summed E-state index contributed by atoms with van der Waals surface area (Å²) < 4.78 is 6.74. The Bertz CT molecular complexity index is 345. The molecule has 0 radical (unpaired) electrons. The molecule has 7 heteroatoms. The second-order valence-electron chi connectivity index (χ2n) is 3.47. The van der Waals surface area contributed by atoms with Gasteiger partial charge in [-0.1, -0.05) is 5.10 Å². The quantitative estimate of drug-likeness (QED) is 0.727. The lowest BCUT2D eigenvalue weighted by atomic mass is 10.1. The van der Waals surface area contributed by atoms with Crippen LogP contribution in [0, 0.1) is 0 Å². The molecular formula is C8H13N5O2. The molecule has 1 aliphatic rings. The summed E-state index contributed by atoms with van der Waals surface area (Å²) in [7, 11) is 1.66. The van der Waals surface area contributed by atoms with Crippen molar-refractivity contribution in [2.45, 2.75) is 25.4 Å². The summed E-state index contributed by atoms with van der Waals surface area (Å²) in [4.78, 5) is 11.7. The smallest absolute Gasteiger partial charge is 0.255 e. The zero-order valence-electron chi connectivity index (χ0n) is 8.51. The summed E-state index contributed by atoms with van der Waals surface area (Å²) in [6.45, 7) is 0.648. The third kappa shape index (κ3) is 2.30. The van der Waals surface area contributed by atoms with E-state index in [1.54, 1.807) is 7.05 Å². The van der Waals surface area contributed by atoms with Gasteiger partial charge >= 0.3 is 0 Å². The summed E-state index contributed by atoms with van der Waals surface area (Å²) in [6, 6.07) is 0. The molecule has 2 heterocycles. The monoisotopic (exact) mass is 211 g/mol. The van der Waals surface area contributed by atoms with Gasteiger partial charge in [0.2, 0.25) is 5.95 Å². The van der Waals surface area contributed by atoms with E-state index in [0.717, 1.165) is 19.3 Å². The van der Waals surface area contributed by atoms with Crippen molar-refractivity contribution in [2.24, 2.45) is 7.05 Å². The van der Waals surface area contributed by atoms with Crippen molar-refractivity contribution in [2.75, 3.05) is 11.9 Å². The molecule has 0 spiro atoms. The lowest BCUT2D eigenvalue weighted by molar-refractivity contribution is -0.130. The van der Waals surface area contributed by atoms with E-state index in [1.807, 2.05) is 0 Å². The minimum atomic E-state index is -0.365. The fraction of sp³-hybridized carbons (Fsp3) is 0.750. The molecule has 2 rings (SSSR count). The fourth-order valence-corrected chi connectivity index (χ4v) is 1.47. The number of nitrogens with one attached hydrogen (secondary N) is 1. The summed E-state index contributed by atoms with van der Waals surface area (Å²) in [5.74, 6) is 0.168. The van der Waals surface area contributed by atoms with E-state index in [1.165, 1.54) is 4.68 Å². The van der Waals surface area contributed by atoms with Crippen LogP contribution in [0.4, 0.5) is 5.95 Å². The predicted molar refractivity (Wildman–Crippen MR) is 51.0 cm³/mol. The van der Waals surface area contributed by atoms with Gasteiger partial charge in [-0.2, -0.15) is 0 Å². The number of rotatable bonds is 2. The third-order valence-corrected chi connectivity index (χ3v) is 2.33. The highest BCUT2D eigenvalue weighted by Gasteiger charge is 2.23. The van der Waals surface area contributed by atoms with E-state index >= 15 is 0 Å². The Balaban J connectivity index is 1.94. The minimum absolute atomic E-state index is 0.174. The standard InChI is InChI=1S/C8H13N5O2/c1-13-8(10-11-12-13)9-7(14)6-4-2-3-5-15-6/h6H,2-5H2,1H3,(H,9,10,12,14). The van der Waals surface area contributed by atoms with E-state index in [0.29, 0.717) is 12.6 Å². The number of anilines is 1. The number of ether oxygens (including phenoxy) is 1. The normalized spacial score (nSPS) is 21.3. The Morgan fingerprint density at radius 1 is 1.60 bits per heavy atom. The Morgan fingerprint density at radius 3 is 3.07 bits per heavy atom. The average Bonchev–Trinajstić information content (AvgIpc) is 2.66. The Morgan fingerprint density at radius 2 is 2.47 bits per heavy atom. The van der Waals surface area contributed by atoms with Crippen LogP contribution in [0.1, 0.15) is 19.3 Å². The van der Waals surface area contributed by atoms with Gasteiger partial charge in [0.1, 0.15) is 6.10 Å². The van der Waals surface area contributed by atoms with Gasteiger partial charge in [0, 0.05) is 13.7 Å². The van der Waals surface area contributed by atoms with Gasteiger partial charge in [0.15, 0.2) is 0 Å². The molecule has 0 aromatic carbocycles. The lowest BCUT2D eigenvalue weighted by Crippen LogP contribution is -2.33. The zero-order chi connectivity index (χ0) is 10.7. The molecule has 7 nitrogen and oxygen atoms in total. The van der Waals surface area contributed by atoms with Crippen LogP contribution in [0.15, 0.2) is 0 Å². The molecule has 15 heavy (non-hydrogen) atoms. The molecule has 1 aromatic heterocycles. The number of amides is 1. The van der Waals surface area contributed by atoms with Crippen LogP contribution in [0.25, 0.3) is 0 Å². The Kier molecular flexibility index (Phi) is 2.91. The maximum atomic E-state index is 11.7. The molecule has 1 saturated heterocycles. The number of nitrogens with zero attached hydrogens (tertiary/aromatic N) is 4. The average molecular weight is 211 g/mol. The van der Waals surface area contributed by atoms with Gasteiger partial charge in [-0.25, -0.2) is 4.68 Å². The minimum Gasteiger partial charge on any atom is -0.368 e. The number of hydrogen-bond donors (Lipinski definition) is 1. The van der Waals surface area contributed by atoms with Crippen molar-refractivity contribution in [3.63, 3.8) is 0 Å². The number of aromatic nitrogens is 4. The third-order valence-electron chi connectivity index (χ3n) is 2.33. The molecular weight excluding hydrogens is 198 g/mol. The van der Waals surface area contributed by atoms with Crippen LogP contribution in [0.3, 0.4) is 0 Å². The van der Waals surface area contributed by atoms with Crippen molar-refractivity contribution in [1.29, 1.82) is 0 Å². The van der Waals surface area contributed by atoms with E-state index < -0.39 is 0 Å². The molecule has 1 fully saturated rings. The number of hydrogen-bond acceptors (Lipinski definition) is 5. The largest absolute Gasteiger partial charge is 0.368 e. The van der Waals surface area contributed by atoms with Gasteiger partial charge < -0.3 is 4.74 Å².